The summed E-state index contributed by atoms with van der Waals surface area (Å²) < 4.78 is 17.2. The lowest BCUT2D eigenvalue weighted by molar-refractivity contribution is -0.148. The minimum Gasteiger partial charge on any atom is -0.493 e. The first kappa shape index (κ1) is 23.4. The number of carbonyl (C=O) groups excluding carboxylic acids is 1. The highest BCUT2D eigenvalue weighted by atomic mass is 16.5. The van der Waals surface area contributed by atoms with Crippen molar-refractivity contribution in [1.82, 2.24) is 0 Å². The Labute approximate surface area is 211 Å². The van der Waals surface area contributed by atoms with Crippen molar-refractivity contribution < 1.29 is 19.0 Å². The first-order valence-electron chi connectivity index (χ1n) is 12.0. The van der Waals surface area contributed by atoms with Crippen molar-refractivity contribution in [3.63, 3.8) is 0 Å². The fraction of sp³-hybridized carbons (Fsp3) is 0.156. The number of ether oxygens (including phenoxy) is 3. The van der Waals surface area contributed by atoms with E-state index in [9.17, 15) is 4.79 Å². The molecule has 36 heavy (non-hydrogen) atoms. The molecule has 0 aliphatic heterocycles. The summed E-state index contributed by atoms with van der Waals surface area (Å²) in [5, 5.41) is 4.32. The molecule has 0 bridgehead atoms. The van der Waals surface area contributed by atoms with Crippen LogP contribution in [0, 0.1) is 0 Å². The Bertz CT molecular complexity index is 1450. The van der Waals surface area contributed by atoms with Gasteiger partial charge in [0.05, 0.1) is 20.1 Å². The molecule has 180 valence electrons. The Morgan fingerprint density at radius 2 is 1.17 bits per heavy atom. The summed E-state index contributed by atoms with van der Waals surface area (Å²) in [5.74, 6) is 0.380. The van der Waals surface area contributed by atoms with Crippen molar-refractivity contribution in [2.45, 2.75) is 18.9 Å². The Morgan fingerprint density at radius 1 is 0.639 bits per heavy atom. The van der Waals surface area contributed by atoms with Gasteiger partial charge in [-0.15, -0.1) is 0 Å². The summed E-state index contributed by atoms with van der Waals surface area (Å²) in [4.78, 5) is 13.6. The Morgan fingerprint density at radius 3 is 1.72 bits per heavy atom. The topological polar surface area (TPSA) is 44.8 Å². The second-order valence-corrected chi connectivity index (χ2v) is 8.79. The maximum absolute atomic E-state index is 13.6. The van der Waals surface area contributed by atoms with Gasteiger partial charge in [-0.25, -0.2) is 0 Å². The van der Waals surface area contributed by atoms with Gasteiger partial charge < -0.3 is 14.2 Å². The molecular weight excluding hydrogens is 448 g/mol. The van der Waals surface area contributed by atoms with Gasteiger partial charge in [-0.2, -0.15) is 0 Å². The molecule has 5 aromatic carbocycles. The van der Waals surface area contributed by atoms with E-state index in [-0.39, 0.29) is 5.97 Å². The molecule has 0 saturated heterocycles. The molecule has 0 saturated carbocycles. The number of fused-ring (bicyclic) bond motifs is 2. The third kappa shape index (κ3) is 4.38. The predicted octanol–water partition coefficient (Wildman–Crippen LogP) is 7.45. The third-order valence-corrected chi connectivity index (χ3v) is 6.71. The fourth-order valence-corrected chi connectivity index (χ4v) is 4.73. The SMILES string of the molecule is COc1ccc([C@@H](C)C(=O)OC(c2cccc3ccccc23)c2cccc3ccccc23)cc1OC. The van der Waals surface area contributed by atoms with Gasteiger partial charge in [0.15, 0.2) is 17.6 Å². The molecule has 4 heteroatoms. The monoisotopic (exact) mass is 476 g/mol. The van der Waals surface area contributed by atoms with Crippen LogP contribution in [0.25, 0.3) is 21.5 Å². The molecule has 4 nitrogen and oxygen atoms in total. The van der Waals surface area contributed by atoms with E-state index < -0.39 is 12.0 Å². The molecule has 0 spiro atoms. The van der Waals surface area contributed by atoms with Gasteiger partial charge in [-0.05, 0) is 46.2 Å². The van der Waals surface area contributed by atoms with Crippen LogP contribution in [0.15, 0.2) is 103 Å². The first-order valence-corrected chi connectivity index (χ1v) is 12.0. The number of hydrogen-bond donors (Lipinski definition) is 0. The van der Waals surface area contributed by atoms with Gasteiger partial charge in [0.2, 0.25) is 0 Å². The largest absolute Gasteiger partial charge is 0.493 e. The van der Waals surface area contributed by atoms with E-state index in [2.05, 4.69) is 36.4 Å². The number of carbonyl (C=O) groups is 1. The van der Waals surface area contributed by atoms with Crippen molar-refractivity contribution in [1.29, 1.82) is 0 Å². The fourth-order valence-electron chi connectivity index (χ4n) is 4.73. The highest BCUT2D eigenvalue weighted by Crippen LogP contribution is 2.37. The lowest BCUT2D eigenvalue weighted by atomic mass is 9.92. The highest BCUT2D eigenvalue weighted by molar-refractivity contribution is 5.90. The minimum absolute atomic E-state index is 0.312. The average molecular weight is 477 g/mol. The first-order chi connectivity index (χ1) is 17.6. The smallest absolute Gasteiger partial charge is 0.314 e. The van der Waals surface area contributed by atoms with Crippen molar-refractivity contribution in [2.75, 3.05) is 14.2 Å². The van der Waals surface area contributed by atoms with Crippen LogP contribution in [0.4, 0.5) is 0 Å². The third-order valence-electron chi connectivity index (χ3n) is 6.71. The van der Waals surface area contributed by atoms with Crippen LogP contribution in [0.5, 0.6) is 11.5 Å². The van der Waals surface area contributed by atoms with Crippen LogP contribution in [0.3, 0.4) is 0 Å². The van der Waals surface area contributed by atoms with Crippen LogP contribution in [0.2, 0.25) is 0 Å². The normalized spacial score (nSPS) is 12.0. The van der Waals surface area contributed by atoms with Gasteiger partial charge >= 0.3 is 5.97 Å². The molecule has 0 aliphatic carbocycles. The van der Waals surface area contributed by atoms with Gasteiger partial charge in [0.25, 0.3) is 0 Å². The van der Waals surface area contributed by atoms with E-state index in [4.69, 9.17) is 14.2 Å². The molecule has 0 unspecified atom stereocenters. The molecule has 1 atom stereocenters. The lowest BCUT2D eigenvalue weighted by Gasteiger charge is -2.24. The van der Waals surface area contributed by atoms with Crippen molar-refractivity contribution >= 4 is 27.5 Å². The van der Waals surface area contributed by atoms with Crippen LogP contribution in [-0.2, 0) is 9.53 Å². The molecule has 0 aromatic heterocycles. The number of benzene rings is 5. The molecule has 0 amide bonds. The zero-order chi connectivity index (χ0) is 25.1. The molecule has 0 N–H and O–H groups in total. The molecule has 0 heterocycles. The molecular formula is C32H28O4. The Hall–Kier alpha value is -4.31. The maximum Gasteiger partial charge on any atom is 0.314 e. The van der Waals surface area contributed by atoms with Crippen molar-refractivity contribution in [2.24, 2.45) is 0 Å². The predicted molar refractivity (Wildman–Crippen MR) is 144 cm³/mol. The van der Waals surface area contributed by atoms with Crippen molar-refractivity contribution in [3.05, 3.63) is 120 Å². The standard InChI is InChI=1S/C32H28O4/c1-21(24-18-19-29(34-2)30(20-24)35-3)32(33)36-31(27-16-8-12-22-10-4-6-14-25(22)27)28-17-9-13-23-11-5-7-15-26(23)28/h4-21,31H,1-3H3/t21-/m1/s1. The zero-order valence-electron chi connectivity index (χ0n) is 20.6. The number of rotatable bonds is 7. The lowest BCUT2D eigenvalue weighted by Crippen LogP contribution is -2.18. The minimum atomic E-state index is -0.572. The molecule has 5 rings (SSSR count). The van der Waals surface area contributed by atoms with E-state index in [1.54, 1.807) is 14.2 Å². The van der Waals surface area contributed by atoms with E-state index >= 15 is 0 Å². The van der Waals surface area contributed by atoms with E-state index in [0.717, 1.165) is 38.2 Å². The van der Waals surface area contributed by atoms with Gasteiger partial charge in [0, 0.05) is 11.1 Å². The second kappa shape index (κ2) is 10.1. The summed E-state index contributed by atoms with van der Waals surface area (Å²) in [6.07, 6.45) is -0.572. The Kier molecular flexibility index (Phi) is 6.59. The number of methoxy groups -OCH3 is 2. The number of hydrogen-bond acceptors (Lipinski definition) is 4. The molecule has 0 radical (unpaired) electrons. The van der Waals surface area contributed by atoms with Gasteiger partial charge in [0.1, 0.15) is 0 Å². The molecule has 0 aliphatic rings. The van der Waals surface area contributed by atoms with Gasteiger partial charge in [-0.3, -0.25) is 4.79 Å². The van der Waals surface area contributed by atoms with Crippen LogP contribution in [0.1, 0.15) is 35.6 Å². The van der Waals surface area contributed by atoms with Crippen LogP contribution >= 0.6 is 0 Å². The van der Waals surface area contributed by atoms with Crippen LogP contribution < -0.4 is 9.47 Å². The quantitative estimate of drug-likeness (QED) is 0.229. The summed E-state index contributed by atoms with van der Waals surface area (Å²) in [6, 6.07) is 34.2. The Balaban J connectivity index is 1.59. The summed E-state index contributed by atoms with van der Waals surface area (Å²) >= 11 is 0. The molecule has 0 fully saturated rings. The van der Waals surface area contributed by atoms with Crippen LogP contribution in [-0.4, -0.2) is 20.2 Å². The van der Waals surface area contributed by atoms with E-state index in [1.165, 1.54) is 0 Å². The maximum atomic E-state index is 13.6. The number of esters is 1. The highest BCUT2D eigenvalue weighted by Gasteiger charge is 2.27. The summed E-state index contributed by atoms with van der Waals surface area (Å²) in [6.45, 7) is 1.85. The summed E-state index contributed by atoms with van der Waals surface area (Å²) in [7, 11) is 3.18. The average Bonchev–Trinajstić information content (AvgIpc) is 2.94. The molecule has 5 aromatic rings. The van der Waals surface area contributed by atoms with Gasteiger partial charge in [-0.1, -0.05) is 91.0 Å². The zero-order valence-corrected chi connectivity index (χ0v) is 20.6. The van der Waals surface area contributed by atoms with E-state index in [0.29, 0.717) is 11.5 Å². The summed E-state index contributed by atoms with van der Waals surface area (Å²) in [5.41, 5.74) is 2.71. The van der Waals surface area contributed by atoms with Crippen molar-refractivity contribution in [3.8, 4) is 11.5 Å². The second-order valence-electron chi connectivity index (χ2n) is 8.79. The van der Waals surface area contributed by atoms with E-state index in [1.807, 2.05) is 73.7 Å².